The fourth-order valence-electron chi connectivity index (χ4n) is 1.04. The zero-order valence-electron chi connectivity index (χ0n) is 9.93. The Morgan fingerprint density at radius 2 is 1.93 bits per heavy atom. The SMILES string of the molecule is Cc1nc(Br)cc(NC(C)C(C)(C)C)n1. The molecule has 84 valence electrons. The summed E-state index contributed by atoms with van der Waals surface area (Å²) in [5, 5.41) is 3.38. The Balaban J connectivity index is 2.81. The minimum atomic E-state index is 0.214. The van der Waals surface area contributed by atoms with Gasteiger partial charge in [0.15, 0.2) is 0 Å². The maximum atomic E-state index is 4.34. The van der Waals surface area contributed by atoms with Crippen molar-refractivity contribution in [3.8, 4) is 0 Å². The Morgan fingerprint density at radius 1 is 1.33 bits per heavy atom. The first kappa shape index (κ1) is 12.4. The van der Waals surface area contributed by atoms with E-state index >= 15 is 0 Å². The summed E-state index contributed by atoms with van der Waals surface area (Å²) in [5.74, 6) is 1.64. The summed E-state index contributed by atoms with van der Waals surface area (Å²) in [7, 11) is 0. The zero-order chi connectivity index (χ0) is 11.6. The van der Waals surface area contributed by atoms with Crippen molar-refractivity contribution in [2.45, 2.75) is 40.7 Å². The molecule has 1 N–H and O–H groups in total. The Labute approximate surface area is 99.8 Å². The summed E-state index contributed by atoms with van der Waals surface area (Å²) in [6.07, 6.45) is 0. The number of nitrogens with one attached hydrogen (secondary N) is 1. The van der Waals surface area contributed by atoms with Crippen LogP contribution in [0.25, 0.3) is 0 Å². The molecule has 0 fully saturated rings. The van der Waals surface area contributed by atoms with Gasteiger partial charge in [-0.3, -0.25) is 0 Å². The lowest BCUT2D eigenvalue weighted by atomic mass is 9.88. The molecule has 4 heteroatoms. The quantitative estimate of drug-likeness (QED) is 0.838. The Morgan fingerprint density at radius 3 is 2.40 bits per heavy atom. The highest BCUT2D eigenvalue weighted by Gasteiger charge is 2.20. The summed E-state index contributed by atoms with van der Waals surface area (Å²) in [4.78, 5) is 8.50. The van der Waals surface area contributed by atoms with E-state index in [2.05, 4.69) is 58.9 Å². The first-order valence-electron chi connectivity index (χ1n) is 5.07. The minimum absolute atomic E-state index is 0.214. The molecule has 0 radical (unpaired) electrons. The van der Waals surface area contributed by atoms with E-state index in [1.807, 2.05) is 13.0 Å². The molecule has 0 bridgehead atoms. The van der Waals surface area contributed by atoms with Gasteiger partial charge >= 0.3 is 0 Å². The van der Waals surface area contributed by atoms with Crippen LogP contribution in [0, 0.1) is 12.3 Å². The van der Waals surface area contributed by atoms with Crippen molar-refractivity contribution in [2.75, 3.05) is 5.32 Å². The van der Waals surface area contributed by atoms with Crippen LogP contribution in [0.1, 0.15) is 33.5 Å². The number of aryl methyl sites for hydroxylation is 1. The second-order valence-corrected chi connectivity index (χ2v) is 5.67. The van der Waals surface area contributed by atoms with Crippen LogP contribution in [0.4, 0.5) is 5.82 Å². The molecule has 0 saturated heterocycles. The van der Waals surface area contributed by atoms with Crippen molar-refractivity contribution >= 4 is 21.7 Å². The normalized spacial score (nSPS) is 13.7. The highest BCUT2D eigenvalue weighted by Crippen LogP contribution is 2.22. The molecule has 1 heterocycles. The maximum absolute atomic E-state index is 4.34. The number of anilines is 1. The number of aromatic nitrogens is 2. The molecule has 0 amide bonds. The number of nitrogens with zero attached hydrogens (tertiary/aromatic N) is 2. The van der Waals surface area contributed by atoms with Crippen molar-refractivity contribution in [2.24, 2.45) is 5.41 Å². The molecule has 3 nitrogen and oxygen atoms in total. The highest BCUT2D eigenvalue weighted by molar-refractivity contribution is 9.10. The van der Waals surface area contributed by atoms with Gasteiger partial charge < -0.3 is 5.32 Å². The van der Waals surface area contributed by atoms with Gasteiger partial charge in [-0.15, -0.1) is 0 Å². The summed E-state index contributed by atoms with van der Waals surface area (Å²) < 4.78 is 0.818. The largest absolute Gasteiger partial charge is 0.367 e. The van der Waals surface area contributed by atoms with Gasteiger partial charge in [-0.1, -0.05) is 20.8 Å². The average Bonchev–Trinajstić information content (AvgIpc) is 1.99. The van der Waals surface area contributed by atoms with Crippen LogP contribution in [0.5, 0.6) is 0 Å². The molecule has 0 aliphatic heterocycles. The smallest absolute Gasteiger partial charge is 0.131 e. The van der Waals surface area contributed by atoms with Crippen LogP contribution in [0.3, 0.4) is 0 Å². The minimum Gasteiger partial charge on any atom is -0.367 e. The number of halogens is 1. The fraction of sp³-hybridized carbons (Fsp3) is 0.636. The fourth-order valence-corrected chi connectivity index (χ4v) is 1.52. The van der Waals surface area contributed by atoms with Crippen molar-refractivity contribution in [1.82, 2.24) is 9.97 Å². The third-order valence-corrected chi connectivity index (χ3v) is 2.88. The van der Waals surface area contributed by atoms with Gasteiger partial charge in [-0.05, 0) is 35.2 Å². The van der Waals surface area contributed by atoms with Gasteiger partial charge in [-0.2, -0.15) is 0 Å². The second kappa shape index (κ2) is 4.47. The van der Waals surface area contributed by atoms with Gasteiger partial charge in [0.2, 0.25) is 0 Å². The van der Waals surface area contributed by atoms with Gasteiger partial charge in [0, 0.05) is 12.1 Å². The first-order chi connectivity index (χ1) is 6.79. The van der Waals surface area contributed by atoms with Crippen LogP contribution in [0.2, 0.25) is 0 Å². The van der Waals surface area contributed by atoms with Gasteiger partial charge in [0.05, 0.1) is 0 Å². The van der Waals surface area contributed by atoms with Crippen LogP contribution >= 0.6 is 15.9 Å². The molecule has 0 saturated carbocycles. The van der Waals surface area contributed by atoms with Crippen molar-refractivity contribution in [3.05, 3.63) is 16.5 Å². The predicted molar refractivity (Wildman–Crippen MR) is 67.0 cm³/mol. The van der Waals surface area contributed by atoms with Gasteiger partial charge in [0.25, 0.3) is 0 Å². The monoisotopic (exact) mass is 271 g/mol. The van der Waals surface area contributed by atoms with Crippen LogP contribution in [0.15, 0.2) is 10.7 Å². The van der Waals surface area contributed by atoms with E-state index in [0.717, 1.165) is 16.2 Å². The van der Waals surface area contributed by atoms with E-state index in [1.54, 1.807) is 0 Å². The molecule has 0 aliphatic carbocycles. The van der Waals surface area contributed by atoms with Crippen molar-refractivity contribution in [3.63, 3.8) is 0 Å². The first-order valence-corrected chi connectivity index (χ1v) is 5.86. The van der Waals surface area contributed by atoms with Crippen molar-refractivity contribution < 1.29 is 0 Å². The molecule has 1 aromatic heterocycles. The Bertz CT molecular complexity index is 324. The third-order valence-electron chi connectivity index (χ3n) is 2.47. The molecule has 0 aromatic carbocycles. The molecular formula is C11H18BrN3. The van der Waals surface area contributed by atoms with E-state index < -0.39 is 0 Å². The molecule has 1 aromatic rings. The van der Waals surface area contributed by atoms with Crippen LogP contribution in [-0.4, -0.2) is 16.0 Å². The molecule has 15 heavy (non-hydrogen) atoms. The lowest BCUT2D eigenvalue weighted by Crippen LogP contribution is -2.31. The second-order valence-electron chi connectivity index (χ2n) is 4.86. The summed E-state index contributed by atoms with van der Waals surface area (Å²) >= 11 is 3.36. The van der Waals surface area contributed by atoms with Gasteiger partial charge in [-0.25, -0.2) is 9.97 Å². The summed E-state index contributed by atoms with van der Waals surface area (Å²) in [6.45, 7) is 10.7. The maximum Gasteiger partial charge on any atom is 0.131 e. The van der Waals surface area contributed by atoms with E-state index in [0.29, 0.717) is 6.04 Å². The molecular weight excluding hydrogens is 254 g/mol. The molecule has 1 unspecified atom stereocenters. The van der Waals surface area contributed by atoms with Crippen molar-refractivity contribution in [1.29, 1.82) is 0 Å². The number of hydrogen-bond donors (Lipinski definition) is 1. The van der Waals surface area contributed by atoms with Crippen LogP contribution in [-0.2, 0) is 0 Å². The predicted octanol–water partition coefficient (Wildman–Crippen LogP) is 3.39. The van der Waals surface area contributed by atoms with Gasteiger partial charge in [0.1, 0.15) is 16.2 Å². The number of hydrogen-bond acceptors (Lipinski definition) is 3. The van der Waals surface area contributed by atoms with E-state index in [4.69, 9.17) is 0 Å². The molecule has 1 rings (SSSR count). The van der Waals surface area contributed by atoms with E-state index in [9.17, 15) is 0 Å². The third kappa shape index (κ3) is 3.78. The molecule has 1 atom stereocenters. The van der Waals surface area contributed by atoms with E-state index in [-0.39, 0.29) is 5.41 Å². The number of rotatable bonds is 2. The van der Waals surface area contributed by atoms with Crippen LogP contribution < -0.4 is 5.32 Å². The molecule has 0 spiro atoms. The average molecular weight is 272 g/mol. The summed E-state index contributed by atoms with van der Waals surface area (Å²) in [5.41, 5.74) is 0.214. The Hall–Kier alpha value is -0.640. The molecule has 0 aliphatic rings. The lowest BCUT2D eigenvalue weighted by molar-refractivity contribution is 0.358. The standard InChI is InChI=1S/C11H18BrN3/c1-7(11(3,4)5)13-10-6-9(12)14-8(2)15-10/h6-7H,1-5H3,(H,13,14,15). The topological polar surface area (TPSA) is 37.8 Å². The summed E-state index contributed by atoms with van der Waals surface area (Å²) in [6, 6.07) is 2.26. The zero-order valence-corrected chi connectivity index (χ0v) is 11.5. The highest BCUT2D eigenvalue weighted by atomic mass is 79.9. The lowest BCUT2D eigenvalue weighted by Gasteiger charge is -2.28. The van der Waals surface area contributed by atoms with E-state index in [1.165, 1.54) is 0 Å². The Kier molecular flexibility index (Phi) is 3.71.